The van der Waals surface area contributed by atoms with Crippen LogP contribution in [0, 0.1) is 0 Å². The molecule has 1 aliphatic heterocycles. The summed E-state index contributed by atoms with van der Waals surface area (Å²) in [6.45, 7) is 13.2. The van der Waals surface area contributed by atoms with Crippen LogP contribution in [-0.2, 0) is 0 Å². The fourth-order valence-electron chi connectivity index (χ4n) is 3.93. The molecule has 0 aromatic carbocycles. The molecule has 0 aliphatic carbocycles. The standard InChI is InChI=1S/C19H40N2/c1-5-8-9-10-12-15-18(20-7-3)19(4,6-2)21-16-13-11-14-17-21/h18,20H,5-17H2,1-4H3. The lowest BCUT2D eigenvalue weighted by atomic mass is 9.82. The minimum atomic E-state index is 0.348. The summed E-state index contributed by atoms with van der Waals surface area (Å²) in [7, 11) is 0. The topological polar surface area (TPSA) is 15.3 Å². The largest absolute Gasteiger partial charge is 0.312 e. The summed E-state index contributed by atoms with van der Waals surface area (Å²) in [5.74, 6) is 0. The highest BCUT2D eigenvalue weighted by molar-refractivity contribution is 4.97. The van der Waals surface area contributed by atoms with Crippen LogP contribution in [0.5, 0.6) is 0 Å². The van der Waals surface area contributed by atoms with Gasteiger partial charge in [0.2, 0.25) is 0 Å². The Morgan fingerprint density at radius 1 is 0.952 bits per heavy atom. The smallest absolute Gasteiger partial charge is 0.0331 e. The molecule has 0 radical (unpaired) electrons. The molecule has 0 aromatic heterocycles. The lowest BCUT2D eigenvalue weighted by Crippen LogP contribution is -2.60. The molecule has 1 aliphatic rings. The molecule has 0 bridgehead atoms. The second kappa shape index (κ2) is 10.6. The molecule has 1 rings (SSSR count). The second-order valence-corrected chi connectivity index (χ2v) is 7.07. The van der Waals surface area contributed by atoms with Gasteiger partial charge in [-0.3, -0.25) is 4.90 Å². The van der Waals surface area contributed by atoms with Crippen LogP contribution >= 0.6 is 0 Å². The summed E-state index contributed by atoms with van der Waals surface area (Å²) < 4.78 is 0. The van der Waals surface area contributed by atoms with Gasteiger partial charge in [0.25, 0.3) is 0 Å². The van der Waals surface area contributed by atoms with Gasteiger partial charge < -0.3 is 5.32 Å². The van der Waals surface area contributed by atoms with Crippen LogP contribution in [0.25, 0.3) is 0 Å². The lowest BCUT2D eigenvalue weighted by Gasteiger charge is -2.48. The van der Waals surface area contributed by atoms with E-state index < -0.39 is 0 Å². The first-order valence-corrected chi connectivity index (χ1v) is 9.67. The number of rotatable bonds is 11. The van der Waals surface area contributed by atoms with Crippen LogP contribution in [0.15, 0.2) is 0 Å². The minimum Gasteiger partial charge on any atom is -0.312 e. The summed E-state index contributed by atoms with van der Waals surface area (Å²) in [6.07, 6.45) is 13.8. The van der Waals surface area contributed by atoms with E-state index in [0.29, 0.717) is 11.6 Å². The average molecular weight is 297 g/mol. The van der Waals surface area contributed by atoms with Crippen LogP contribution in [0.2, 0.25) is 0 Å². The van der Waals surface area contributed by atoms with E-state index in [0.717, 1.165) is 6.54 Å². The molecule has 0 amide bonds. The maximum absolute atomic E-state index is 3.82. The summed E-state index contributed by atoms with van der Waals surface area (Å²) in [6, 6.07) is 0.659. The van der Waals surface area contributed by atoms with E-state index in [1.807, 2.05) is 0 Å². The van der Waals surface area contributed by atoms with Gasteiger partial charge in [0, 0.05) is 11.6 Å². The normalized spacial score (nSPS) is 21.1. The fraction of sp³-hybridized carbons (Fsp3) is 1.00. The van der Waals surface area contributed by atoms with Gasteiger partial charge in [-0.05, 0) is 52.2 Å². The van der Waals surface area contributed by atoms with E-state index in [1.54, 1.807) is 0 Å². The van der Waals surface area contributed by atoms with E-state index >= 15 is 0 Å². The number of nitrogens with zero attached hydrogens (tertiary/aromatic N) is 1. The van der Waals surface area contributed by atoms with Gasteiger partial charge in [0.05, 0.1) is 0 Å². The number of piperidine rings is 1. The molecule has 2 nitrogen and oxygen atoms in total. The second-order valence-electron chi connectivity index (χ2n) is 7.07. The number of hydrogen-bond acceptors (Lipinski definition) is 2. The molecule has 2 heteroatoms. The molecule has 0 spiro atoms. The first-order chi connectivity index (χ1) is 10.2. The molecule has 0 aromatic rings. The Kier molecular flexibility index (Phi) is 9.59. The Bertz CT molecular complexity index is 248. The Hall–Kier alpha value is -0.0800. The molecule has 1 fully saturated rings. The first kappa shape index (κ1) is 19.0. The molecule has 1 N–H and O–H groups in total. The number of nitrogens with one attached hydrogen (secondary N) is 1. The van der Waals surface area contributed by atoms with Crippen molar-refractivity contribution in [1.29, 1.82) is 0 Å². The molecular formula is C19H40N2. The van der Waals surface area contributed by atoms with Crippen molar-refractivity contribution in [3.63, 3.8) is 0 Å². The first-order valence-electron chi connectivity index (χ1n) is 9.67. The third-order valence-corrected chi connectivity index (χ3v) is 5.59. The van der Waals surface area contributed by atoms with Crippen molar-refractivity contribution in [3.8, 4) is 0 Å². The van der Waals surface area contributed by atoms with Crippen LogP contribution in [0.1, 0.15) is 91.9 Å². The quantitative estimate of drug-likeness (QED) is 0.541. The summed E-state index contributed by atoms with van der Waals surface area (Å²) in [4.78, 5) is 2.79. The van der Waals surface area contributed by atoms with E-state index in [-0.39, 0.29) is 0 Å². The predicted octanol–water partition coefficient (Wildman–Crippen LogP) is 4.98. The third-order valence-electron chi connectivity index (χ3n) is 5.59. The van der Waals surface area contributed by atoms with Gasteiger partial charge in [-0.15, -0.1) is 0 Å². The highest BCUT2D eigenvalue weighted by Crippen LogP contribution is 2.30. The Balaban J connectivity index is 2.56. The molecule has 126 valence electrons. The van der Waals surface area contributed by atoms with Crippen molar-refractivity contribution in [2.75, 3.05) is 19.6 Å². The monoisotopic (exact) mass is 296 g/mol. The summed E-state index contributed by atoms with van der Waals surface area (Å²) in [5, 5.41) is 3.82. The van der Waals surface area contributed by atoms with Crippen molar-refractivity contribution in [2.24, 2.45) is 0 Å². The zero-order valence-electron chi connectivity index (χ0n) is 15.2. The molecule has 1 heterocycles. The lowest BCUT2D eigenvalue weighted by molar-refractivity contribution is 0.0399. The molecule has 2 atom stereocenters. The maximum atomic E-state index is 3.82. The highest BCUT2D eigenvalue weighted by atomic mass is 15.2. The zero-order chi connectivity index (χ0) is 15.6. The van der Waals surface area contributed by atoms with Crippen molar-refractivity contribution in [3.05, 3.63) is 0 Å². The number of likely N-dealkylation sites (tertiary alicyclic amines) is 1. The van der Waals surface area contributed by atoms with Crippen molar-refractivity contribution in [2.45, 2.75) is 103 Å². The zero-order valence-corrected chi connectivity index (χ0v) is 15.2. The van der Waals surface area contributed by atoms with Gasteiger partial charge in [-0.25, -0.2) is 0 Å². The molecule has 21 heavy (non-hydrogen) atoms. The minimum absolute atomic E-state index is 0.348. The summed E-state index contributed by atoms with van der Waals surface area (Å²) >= 11 is 0. The van der Waals surface area contributed by atoms with Gasteiger partial charge >= 0.3 is 0 Å². The molecule has 0 saturated carbocycles. The Morgan fingerprint density at radius 2 is 1.62 bits per heavy atom. The van der Waals surface area contributed by atoms with E-state index in [2.05, 4.69) is 37.9 Å². The van der Waals surface area contributed by atoms with Crippen LogP contribution in [0.3, 0.4) is 0 Å². The van der Waals surface area contributed by atoms with Gasteiger partial charge in [-0.2, -0.15) is 0 Å². The number of hydrogen-bond donors (Lipinski definition) is 1. The van der Waals surface area contributed by atoms with Crippen LogP contribution in [-0.4, -0.2) is 36.1 Å². The Labute approximate surface area is 134 Å². The van der Waals surface area contributed by atoms with Gasteiger partial charge in [0.1, 0.15) is 0 Å². The third kappa shape index (κ3) is 5.90. The SMILES string of the molecule is CCCCCCCC(NCC)C(C)(CC)N1CCCCC1. The Morgan fingerprint density at radius 3 is 2.19 bits per heavy atom. The van der Waals surface area contributed by atoms with E-state index in [9.17, 15) is 0 Å². The van der Waals surface area contributed by atoms with Crippen LogP contribution < -0.4 is 5.32 Å². The van der Waals surface area contributed by atoms with Gasteiger partial charge in [0.15, 0.2) is 0 Å². The molecule has 1 saturated heterocycles. The maximum Gasteiger partial charge on any atom is 0.0331 e. The van der Waals surface area contributed by atoms with E-state index in [4.69, 9.17) is 0 Å². The van der Waals surface area contributed by atoms with Crippen molar-refractivity contribution >= 4 is 0 Å². The molecule has 2 unspecified atom stereocenters. The summed E-state index contributed by atoms with van der Waals surface area (Å²) in [5.41, 5.74) is 0.348. The highest BCUT2D eigenvalue weighted by Gasteiger charge is 2.37. The predicted molar refractivity (Wildman–Crippen MR) is 95.0 cm³/mol. The average Bonchev–Trinajstić information content (AvgIpc) is 2.53. The van der Waals surface area contributed by atoms with E-state index in [1.165, 1.54) is 77.3 Å². The van der Waals surface area contributed by atoms with Crippen molar-refractivity contribution < 1.29 is 0 Å². The van der Waals surface area contributed by atoms with Gasteiger partial charge in [-0.1, -0.05) is 59.3 Å². The molecular weight excluding hydrogens is 256 g/mol. The van der Waals surface area contributed by atoms with Crippen LogP contribution in [0.4, 0.5) is 0 Å². The van der Waals surface area contributed by atoms with Crippen molar-refractivity contribution in [1.82, 2.24) is 10.2 Å². The number of unbranched alkanes of at least 4 members (excludes halogenated alkanes) is 4. The fourth-order valence-corrected chi connectivity index (χ4v) is 3.93. The number of likely N-dealkylation sites (N-methyl/N-ethyl adjacent to an activating group) is 1.